The number of hydrogen-bond acceptors (Lipinski definition) is 0. The molecule has 0 saturated carbocycles. The van der Waals surface area contributed by atoms with Crippen LogP contribution in [0.2, 0.25) is 0 Å². The van der Waals surface area contributed by atoms with Gasteiger partial charge in [0.25, 0.3) is 0 Å². The topological polar surface area (TPSA) is 0 Å². The highest BCUT2D eigenvalue weighted by Crippen LogP contribution is 2.33. The Morgan fingerprint density at radius 3 is 2.10 bits per heavy atom. The summed E-state index contributed by atoms with van der Waals surface area (Å²) in [7, 11) is 0. The van der Waals surface area contributed by atoms with E-state index in [2.05, 4.69) is 74.5 Å². The molecule has 102 valence electrons. The quantitative estimate of drug-likeness (QED) is 0.371. The second-order valence-electron chi connectivity index (χ2n) is 5.75. The van der Waals surface area contributed by atoms with E-state index in [-0.39, 0.29) is 0 Å². The highest BCUT2D eigenvalue weighted by molar-refractivity contribution is 6.17. The van der Waals surface area contributed by atoms with Crippen LogP contribution in [0.25, 0.3) is 32.3 Å². The van der Waals surface area contributed by atoms with Gasteiger partial charge < -0.3 is 0 Å². The van der Waals surface area contributed by atoms with Gasteiger partial charge >= 0.3 is 0 Å². The molecule has 0 aliphatic carbocycles. The van der Waals surface area contributed by atoms with E-state index in [4.69, 9.17) is 0 Å². The van der Waals surface area contributed by atoms with Gasteiger partial charge in [0.05, 0.1) is 0 Å². The Morgan fingerprint density at radius 2 is 1.24 bits per heavy atom. The Bertz CT molecular complexity index is 977. The Morgan fingerprint density at radius 1 is 0.619 bits per heavy atom. The van der Waals surface area contributed by atoms with Crippen LogP contribution >= 0.6 is 0 Å². The first kappa shape index (κ1) is 12.4. The third kappa shape index (κ3) is 1.76. The van der Waals surface area contributed by atoms with Crippen molar-refractivity contribution < 1.29 is 0 Å². The van der Waals surface area contributed by atoms with E-state index in [0.29, 0.717) is 0 Å². The summed E-state index contributed by atoms with van der Waals surface area (Å²) in [6.07, 6.45) is 1.09. The lowest BCUT2D eigenvalue weighted by Crippen LogP contribution is -1.89. The molecule has 0 heterocycles. The maximum atomic E-state index is 2.29. The lowest BCUT2D eigenvalue weighted by atomic mass is 9.93. The van der Waals surface area contributed by atoms with E-state index in [1.54, 1.807) is 0 Å². The average molecular weight is 270 g/mol. The summed E-state index contributed by atoms with van der Waals surface area (Å²) in [5.41, 5.74) is 2.87. The predicted molar refractivity (Wildman–Crippen MR) is 93.1 cm³/mol. The Kier molecular flexibility index (Phi) is 2.71. The highest BCUT2D eigenvalue weighted by atomic mass is 14.1. The summed E-state index contributed by atoms with van der Waals surface area (Å²) in [5, 5.41) is 8.12. The highest BCUT2D eigenvalue weighted by Gasteiger charge is 2.07. The molecule has 0 aliphatic rings. The molecule has 4 aromatic carbocycles. The molecule has 0 fully saturated rings. The van der Waals surface area contributed by atoms with Crippen molar-refractivity contribution in [3.63, 3.8) is 0 Å². The average Bonchev–Trinajstić information content (AvgIpc) is 2.54. The first-order valence-corrected chi connectivity index (χ1v) is 7.62. The molecular formula is C21H18. The van der Waals surface area contributed by atoms with Crippen LogP contribution in [-0.4, -0.2) is 0 Å². The maximum Gasteiger partial charge on any atom is -0.00989 e. The van der Waals surface area contributed by atoms with Gasteiger partial charge in [0.1, 0.15) is 0 Å². The van der Waals surface area contributed by atoms with Crippen molar-refractivity contribution in [1.29, 1.82) is 0 Å². The third-order valence-corrected chi connectivity index (χ3v) is 4.69. The molecule has 4 aromatic rings. The van der Waals surface area contributed by atoms with Gasteiger partial charge in [0.15, 0.2) is 0 Å². The van der Waals surface area contributed by atoms with Gasteiger partial charge in [0.2, 0.25) is 0 Å². The standard InChI is InChI=1S/C21H18/c1-3-15-8-10-19-17(14(15)2)12-13-20-18-7-5-4-6-16(18)9-11-21(19)20/h4-13H,3H2,1-2H3. The molecule has 0 bridgehead atoms. The zero-order valence-electron chi connectivity index (χ0n) is 12.5. The van der Waals surface area contributed by atoms with E-state index >= 15 is 0 Å². The van der Waals surface area contributed by atoms with E-state index in [1.807, 2.05) is 0 Å². The largest absolute Gasteiger partial charge is 0.0616 e. The molecule has 0 aromatic heterocycles. The van der Waals surface area contributed by atoms with Crippen LogP contribution in [0.1, 0.15) is 18.1 Å². The lowest BCUT2D eigenvalue weighted by Gasteiger charge is -2.11. The van der Waals surface area contributed by atoms with Gasteiger partial charge in [-0.3, -0.25) is 0 Å². The predicted octanol–water partition coefficient (Wildman–Crippen LogP) is 6.02. The zero-order valence-corrected chi connectivity index (χ0v) is 12.5. The van der Waals surface area contributed by atoms with E-state index in [0.717, 1.165) is 6.42 Å². The molecule has 0 saturated heterocycles. The fourth-order valence-electron chi connectivity index (χ4n) is 3.48. The van der Waals surface area contributed by atoms with Crippen molar-refractivity contribution in [2.24, 2.45) is 0 Å². The van der Waals surface area contributed by atoms with Gasteiger partial charge in [-0.1, -0.05) is 67.6 Å². The molecule has 0 unspecified atom stereocenters. The minimum atomic E-state index is 1.09. The Balaban J connectivity index is 2.20. The van der Waals surface area contributed by atoms with Crippen molar-refractivity contribution >= 4 is 32.3 Å². The zero-order chi connectivity index (χ0) is 14.4. The van der Waals surface area contributed by atoms with Crippen LogP contribution in [0.15, 0.2) is 60.7 Å². The summed E-state index contributed by atoms with van der Waals surface area (Å²) in [6, 6.07) is 22.3. The van der Waals surface area contributed by atoms with Crippen LogP contribution in [0.3, 0.4) is 0 Å². The number of hydrogen-bond donors (Lipinski definition) is 0. The normalized spacial score (nSPS) is 11.5. The van der Waals surface area contributed by atoms with Crippen LogP contribution in [0, 0.1) is 6.92 Å². The van der Waals surface area contributed by atoms with Crippen molar-refractivity contribution in [2.75, 3.05) is 0 Å². The number of rotatable bonds is 1. The molecule has 0 atom stereocenters. The van der Waals surface area contributed by atoms with E-state index < -0.39 is 0 Å². The number of benzene rings is 4. The lowest BCUT2D eigenvalue weighted by molar-refractivity contribution is 1.12. The van der Waals surface area contributed by atoms with Crippen LogP contribution in [0.4, 0.5) is 0 Å². The van der Waals surface area contributed by atoms with Gasteiger partial charge in [0, 0.05) is 0 Å². The molecule has 21 heavy (non-hydrogen) atoms. The van der Waals surface area contributed by atoms with Crippen LogP contribution < -0.4 is 0 Å². The fourth-order valence-corrected chi connectivity index (χ4v) is 3.48. The summed E-state index contributed by atoms with van der Waals surface area (Å²) in [4.78, 5) is 0. The minimum Gasteiger partial charge on any atom is -0.0616 e. The number of aryl methyl sites for hydroxylation is 2. The number of fused-ring (bicyclic) bond motifs is 5. The third-order valence-electron chi connectivity index (χ3n) is 4.69. The molecule has 0 N–H and O–H groups in total. The SMILES string of the molecule is CCc1ccc2c(ccc3c4ccccc4ccc23)c1C. The van der Waals surface area contributed by atoms with Gasteiger partial charge in [-0.05, 0) is 56.8 Å². The molecular weight excluding hydrogens is 252 g/mol. The summed E-state index contributed by atoms with van der Waals surface area (Å²) >= 11 is 0. The van der Waals surface area contributed by atoms with Crippen molar-refractivity contribution in [2.45, 2.75) is 20.3 Å². The second kappa shape index (κ2) is 4.60. The van der Waals surface area contributed by atoms with E-state index in [9.17, 15) is 0 Å². The monoisotopic (exact) mass is 270 g/mol. The molecule has 0 spiro atoms. The molecule has 0 nitrogen and oxygen atoms in total. The van der Waals surface area contributed by atoms with Gasteiger partial charge in [-0.2, -0.15) is 0 Å². The van der Waals surface area contributed by atoms with Crippen molar-refractivity contribution in [3.8, 4) is 0 Å². The summed E-state index contributed by atoms with van der Waals surface area (Å²) in [5.74, 6) is 0. The van der Waals surface area contributed by atoms with Gasteiger partial charge in [-0.15, -0.1) is 0 Å². The summed E-state index contributed by atoms with van der Waals surface area (Å²) < 4.78 is 0. The van der Waals surface area contributed by atoms with Crippen molar-refractivity contribution in [3.05, 3.63) is 71.8 Å². The van der Waals surface area contributed by atoms with E-state index in [1.165, 1.54) is 43.4 Å². The maximum absolute atomic E-state index is 2.29. The van der Waals surface area contributed by atoms with Gasteiger partial charge in [-0.25, -0.2) is 0 Å². The minimum absolute atomic E-state index is 1.09. The van der Waals surface area contributed by atoms with Crippen molar-refractivity contribution in [1.82, 2.24) is 0 Å². The second-order valence-corrected chi connectivity index (χ2v) is 5.75. The van der Waals surface area contributed by atoms with Crippen LogP contribution in [0.5, 0.6) is 0 Å². The molecule has 0 amide bonds. The molecule has 0 heteroatoms. The first-order chi connectivity index (χ1) is 10.3. The smallest absolute Gasteiger partial charge is 0.00989 e. The first-order valence-electron chi connectivity index (χ1n) is 7.62. The Labute approximate surface area is 125 Å². The molecule has 0 aliphatic heterocycles. The summed E-state index contributed by atoms with van der Waals surface area (Å²) in [6.45, 7) is 4.47. The van der Waals surface area contributed by atoms with Crippen LogP contribution in [-0.2, 0) is 6.42 Å². The Hall–Kier alpha value is -2.34. The molecule has 0 radical (unpaired) electrons. The fraction of sp³-hybridized carbons (Fsp3) is 0.143. The molecule has 4 rings (SSSR count).